The van der Waals surface area contributed by atoms with Crippen LogP contribution in [0.4, 0.5) is 5.69 Å². The van der Waals surface area contributed by atoms with Crippen LogP contribution in [-0.4, -0.2) is 18.5 Å². The van der Waals surface area contributed by atoms with Crippen LogP contribution in [0.2, 0.25) is 0 Å². The van der Waals surface area contributed by atoms with Crippen LogP contribution in [-0.2, 0) is 0 Å². The third kappa shape index (κ3) is 3.72. The summed E-state index contributed by atoms with van der Waals surface area (Å²) in [6.45, 7) is 3.07. The van der Waals surface area contributed by atoms with E-state index in [0.717, 1.165) is 16.7 Å². The Hall–Kier alpha value is -1.03. The third-order valence-corrected chi connectivity index (χ3v) is 4.10. The number of hydrogen-bond donors (Lipinski definition) is 1. The normalized spacial score (nSPS) is 18.7. The molecule has 2 rings (SSSR count). The van der Waals surface area contributed by atoms with Crippen molar-refractivity contribution in [3.05, 3.63) is 28.7 Å². The van der Waals surface area contributed by atoms with Crippen LogP contribution >= 0.6 is 15.9 Å². The van der Waals surface area contributed by atoms with E-state index in [2.05, 4.69) is 57.0 Å². The fourth-order valence-electron chi connectivity index (χ4n) is 2.52. The van der Waals surface area contributed by atoms with Gasteiger partial charge < -0.3 is 10.6 Å². The van der Waals surface area contributed by atoms with Crippen LogP contribution in [0.1, 0.15) is 39.0 Å². The molecule has 1 aliphatic rings. The second kappa shape index (κ2) is 6.94. The molecule has 0 spiro atoms. The Morgan fingerprint density at radius 1 is 1.26 bits per heavy atom. The Balaban J connectivity index is 1.99. The van der Waals surface area contributed by atoms with Crippen LogP contribution in [0.15, 0.2) is 33.7 Å². The number of anilines is 1. The maximum Gasteiger partial charge on any atom is 0.196 e. The van der Waals surface area contributed by atoms with Crippen molar-refractivity contribution >= 4 is 27.6 Å². The van der Waals surface area contributed by atoms with Gasteiger partial charge in [0.05, 0.1) is 12.6 Å². The Morgan fingerprint density at radius 2 is 2.00 bits per heavy atom. The molecule has 0 bridgehead atoms. The molecule has 0 fully saturated rings. The largest absolute Gasteiger partial charge is 0.370 e. The van der Waals surface area contributed by atoms with E-state index in [1.165, 1.54) is 32.1 Å². The van der Waals surface area contributed by atoms with Crippen LogP contribution in [0.3, 0.4) is 0 Å². The van der Waals surface area contributed by atoms with Crippen molar-refractivity contribution in [2.75, 3.05) is 11.4 Å². The van der Waals surface area contributed by atoms with E-state index in [4.69, 9.17) is 5.73 Å². The number of nitrogens with zero attached hydrogens (tertiary/aromatic N) is 2. The summed E-state index contributed by atoms with van der Waals surface area (Å²) in [4.78, 5) is 6.58. The van der Waals surface area contributed by atoms with Crippen molar-refractivity contribution in [1.82, 2.24) is 0 Å². The highest BCUT2D eigenvalue weighted by Gasteiger charge is 2.26. The second-order valence-corrected chi connectivity index (χ2v) is 5.96. The Labute approximate surface area is 124 Å². The molecule has 1 aromatic rings. The molecule has 0 radical (unpaired) electrons. The summed E-state index contributed by atoms with van der Waals surface area (Å²) >= 11 is 3.46. The summed E-state index contributed by atoms with van der Waals surface area (Å²) in [7, 11) is 0. The predicted octanol–water partition coefficient (Wildman–Crippen LogP) is 3.92. The number of halogens is 1. The van der Waals surface area contributed by atoms with Crippen molar-refractivity contribution in [2.24, 2.45) is 10.7 Å². The number of unbranched alkanes of at least 4 members (excludes halogenated alkanes) is 3. The van der Waals surface area contributed by atoms with E-state index >= 15 is 0 Å². The van der Waals surface area contributed by atoms with Gasteiger partial charge in [0.25, 0.3) is 0 Å². The first-order chi connectivity index (χ1) is 9.22. The summed E-state index contributed by atoms with van der Waals surface area (Å²) < 4.78 is 1.09. The molecule has 0 saturated carbocycles. The molecule has 0 aliphatic carbocycles. The van der Waals surface area contributed by atoms with Crippen molar-refractivity contribution in [1.29, 1.82) is 0 Å². The van der Waals surface area contributed by atoms with Gasteiger partial charge in [0.2, 0.25) is 0 Å². The topological polar surface area (TPSA) is 41.6 Å². The van der Waals surface area contributed by atoms with Crippen molar-refractivity contribution in [3.63, 3.8) is 0 Å². The molecule has 2 N–H and O–H groups in total. The smallest absolute Gasteiger partial charge is 0.196 e. The molecule has 1 unspecified atom stereocenters. The van der Waals surface area contributed by atoms with Crippen molar-refractivity contribution < 1.29 is 0 Å². The molecule has 0 amide bonds. The lowest BCUT2D eigenvalue weighted by atomic mass is 10.1. The highest BCUT2D eigenvalue weighted by atomic mass is 79.9. The lowest BCUT2D eigenvalue weighted by molar-refractivity contribution is 0.565. The quantitative estimate of drug-likeness (QED) is 0.806. The average Bonchev–Trinajstić information content (AvgIpc) is 2.77. The molecule has 0 saturated heterocycles. The third-order valence-electron chi connectivity index (χ3n) is 3.57. The van der Waals surface area contributed by atoms with Crippen LogP contribution in [0.25, 0.3) is 0 Å². The Bertz CT molecular complexity index is 428. The summed E-state index contributed by atoms with van der Waals surface area (Å²) in [6, 6.07) is 8.72. The molecule has 3 nitrogen and oxygen atoms in total. The number of guanidine groups is 1. The molecule has 104 valence electrons. The fourth-order valence-corrected chi connectivity index (χ4v) is 2.78. The van der Waals surface area contributed by atoms with Crippen LogP contribution in [0.5, 0.6) is 0 Å². The number of hydrogen-bond acceptors (Lipinski definition) is 3. The first-order valence-electron chi connectivity index (χ1n) is 7.07. The fraction of sp³-hybridized carbons (Fsp3) is 0.533. The molecule has 1 atom stereocenters. The van der Waals surface area contributed by atoms with Gasteiger partial charge >= 0.3 is 0 Å². The Kier molecular flexibility index (Phi) is 5.25. The second-order valence-electron chi connectivity index (χ2n) is 5.05. The summed E-state index contributed by atoms with van der Waals surface area (Å²) in [5.41, 5.74) is 7.18. The lowest BCUT2D eigenvalue weighted by Gasteiger charge is -2.26. The molecule has 1 aromatic carbocycles. The van der Waals surface area contributed by atoms with Gasteiger partial charge in [-0.1, -0.05) is 48.5 Å². The Morgan fingerprint density at radius 3 is 2.68 bits per heavy atom. The molecule has 19 heavy (non-hydrogen) atoms. The van der Waals surface area contributed by atoms with E-state index in [0.29, 0.717) is 12.0 Å². The van der Waals surface area contributed by atoms with Gasteiger partial charge in [-0.15, -0.1) is 0 Å². The molecular formula is C15H22BrN3. The monoisotopic (exact) mass is 323 g/mol. The van der Waals surface area contributed by atoms with Gasteiger partial charge in [-0.25, -0.2) is 0 Å². The van der Waals surface area contributed by atoms with E-state index in [-0.39, 0.29) is 0 Å². The van der Waals surface area contributed by atoms with Crippen molar-refractivity contribution in [3.8, 4) is 0 Å². The number of aliphatic imine (C=N–C) groups is 1. The highest BCUT2D eigenvalue weighted by Crippen LogP contribution is 2.25. The van der Waals surface area contributed by atoms with E-state index in [1.807, 2.05) is 0 Å². The maximum absolute atomic E-state index is 6.03. The molecule has 1 heterocycles. The number of rotatable bonds is 6. The SMILES string of the molecule is CCCCCCC1CN=C(N)N1c1ccc(Br)cc1. The average molecular weight is 324 g/mol. The highest BCUT2D eigenvalue weighted by molar-refractivity contribution is 9.10. The van der Waals surface area contributed by atoms with Crippen LogP contribution < -0.4 is 10.6 Å². The number of benzene rings is 1. The van der Waals surface area contributed by atoms with Gasteiger partial charge in [0, 0.05) is 10.2 Å². The van der Waals surface area contributed by atoms with Gasteiger partial charge in [0.1, 0.15) is 0 Å². The zero-order chi connectivity index (χ0) is 13.7. The van der Waals surface area contributed by atoms with Crippen molar-refractivity contribution in [2.45, 2.75) is 45.1 Å². The molecule has 0 aromatic heterocycles. The van der Waals surface area contributed by atoms with Gasteiger partial charge in [0.15, 0.2) is 5.96 Å². The minimum Gasteiger partial charge on any atom is -0.370 e. The summed E-state index contributed by atoms with van der Waals surface area (Å²) in [6.07, 6.45) is 6.33. The first kappa shape index (κ1) is 14.4. The minimum atomic E-state index is 0.429. The van der Waals surface area contributed by atoms with Gasteiger partial charge in [-0.2, -0.15) is 0 Å². The van der Waals surface area contributed by atoms with Crippen LogP contribution in [0, 0.1) is 0 Å². The lowest BCUT2D eigenvalue weighted by Crippen LogP contribution is -2.40. The van der Waals surface area contributed by atoms with E-state index in [1.54, 1.807) is 0 Å². The molecule has 1 aliphatic heterocycles. The van der Waals surface area contributed by atoms with E-state index in [9.17, 15) is 0 Å². The predicted molar refractivity (Wildman–Crippen MR) is 85.7 cm³/mol. The zero-order valence-corrected chi connectivity index (χ0v) is 13.1. The number of nitrogens with two attached hydrogens (primary N) is 1. The van der Waals surface area contributed by atoms with Gasteiger partial charge in [-0.3, -0.25) is 4.99 Å². The summed E-state index contributed by atoms with van der Waals surface area (Å²) in [5, 5.41) is 0. The minimum absolute atomic E-state index is 0.429. The molecular weight excluding hydrogens is 302 g/mol. The maximum atomic E-state index is 6.03. The molecule has 4 heteroatoms. The standard InChI is InChI=1S/C15H22BrN3/c1-2-3-4-5-6-14-11-18-15(17)19(14)13-9-7-12(16)8-10-13/h7-10,14H,2-6,11H2,1H3,(H2,17,18). The first-order valence-corrected chi connectivity index (χ1v) is 7.86. The summed E-state index contributed by atoms with van der Waals surface area (Å²) in [5.74, 6) is 0.655. The van der Waals surface area contributed by atoms with E-state index < -0.39 is 0 Å². The van der Waals surface area contributed by atoms with Gasteiger partial charge in [-0.05, 0) is 30.7 Å². The zero-order valence-electron chi connectivity index (χ0n) is 11.5.